The van der Waals surface area contributed by atoms with Gasteiger partial charge in [0, 0.05) is 0 Å². The molecule has 1 aliphatic rings. The predicted molar refractivity (Wildman–Crippen MR) is 58.8 cm³/mol. The van der Waals surface area contributed by atoms with Crippen molar-refractivity contribution >= 4 is 5.97 Å². The van der Waals surface area contributed by atoms with Crippen LogP contribution in [-0.4, -0.2) is 12.6 Å². The minimum Gasteiger partial charge on any atom is -0.462 e. The number of halogens is 1. The van der Waals surface area contributed by atoms with Crippen LogP contribution in [0.15, 0.2) is 18.2 Å². The molecule has 3 heteroatoms. The third-order valence-corrected chi connectivity index (χ3v) is 2.86. The molecule has 1 saturated carbocycles. The summed E-state index contributed by atoms with van der Waals surface area (Å²) in [6.07, 6.45) is 3.46. The maximum absolute atomic E-state index is 12.8. The lowest BCUT2D eigenvalue weighted by molar-refractivity contribution is 0.0494. The maximum atomic E-state index is 12.8. The molecule has 86 valence electrons. The summed E-state index contributed by atoms with van der Waals surface area (Å²) in [5.74, 6) is 0.0762. The summed E-state index contributed by atoms with van der Waals surface area (Å²) < 4.78 is 18.0. The number of carbonyl (C=O) groups excluding carboxylic acids is 1. The lowest BCUT2D eigenvalue weighted by Crippen LogP contribution is -2.08. The molecule has 0 saturated heterocycles. The minimum atomic E-state index is -0.349. The minimum absolute atomic E-state index is 0.327. The quantitative estimate of drug-likeness (QED) is 0.732. The van der Waals surface area contributed by atoms with Crippen LogP contribution in [0.1, 0.15) is 35.2 Å². The Hall–Kier alpha value is -1.38. The van der Waals surface area contributed by atoms with E-state index >= 15 is 0 Å². The third kappa shape index (κ3) is 2.81. The molecule has 0 heterocycles. The number of hydrogen-bond acceptors (Lipinski definition) is 2. The molecule has 2 nitrogen and oxygen atoms in total. The van der Waals surface area contributed by atoms with Crippen molar-refractivity contribution in [2.45, 2.75) is 26.2 Å². The molecule has 0 unspecified atom stereocenters. The molecule has 0 spiro atoms. The number of benzene rings is 1. The van der Waals surface area contributed by atoms with E-state index in [1.165, 1.54) is 31.0 Å². The Morgan fingerprint density at radius 3 is 2.88 bits per heavy atom. The average Bonchev–Trinajstić information content (AvgIpc) is 3.01. The molecule has 0 aromatic heterocycles. The van der Waals surface area contributed by atoms with Gasteiger partial charge in [0.25, 0.3) is 0 Å². The highest BCUT2D eigenvalue weighted by atomic mass is 19.1. The molecular formula is C13H15FO2. The van der Waals surface area contributed by atoms with Gasteiger partial charge < -0.3 is 4.74 Å². The van der Waals surface area contributed by atoms with Crippen LogP contribution in [0.4, 0.5) is 4.39 Å². The summed E-state index contributed by atoms with van der Waals surface area (Å²) in [5.41, 5.74) is 1.08. The van der Waals surface area contributed by atoms with Gasteiger partial charge in [0.15, 0.2) is 0 Å². The molecule has 0 bridgehead atoms. The predicted octanol–water partition coefficient (Wildman–Crippen LogP) is 3.09. The lowest BCUT2D eigenvalue weighted by Gasteiger charge is -2.06. The van der Waals surface area contributed by atoms with E-state index in [-0.39, 0.29) is 11.8 Å². The lowest BCUT2D eigenvalue weighted by atomic mass is 10.1. The van der Waals surface area contributed by atoms with Crippen molar-refractivity contribution in [1.29, 1.82) is 0 Å². The number of ether oxygens (including phenoxy) is 1. The molecule has 0 atom stereocenters. The van der Waals surface area contributed by atoms with Crippen molar-refractivity contribution in [3.05, 3.63) is 35.1 Å². The Morgan fingerprint density at radius 2 is 2.25 bits per heavy atom. The maximum Gasteiger partial charge on any atom is 0.338 e. The van der Waals surface area contributed by atoms with Gasteiger partial charge in [-0.2, -0.15) is 0 Å². The Morgan fingerprint density at radius 1 is 1.50 bits per heavy atom. The van der Waals surface area contributed by atoms with Gasteiger partial charge in [-0.05, 0) is 43.0 Å². The topological polar surface area (TPSA) is 26.3 Å². The van der Waals surface area contributed by atoms with Gasteiger partial charge in [-0.15, -0.1) is 0 Å². The third-order valence-electron chi connectivity index (χ3n) is 2.86. The molecule has 1 aromatic rings. The number of esters is 1. The van der Waals surface area contributed by atoms with E-state index in [2.05, 4.69) is 0 Å². The van der Waals surface area contributed by atoms with Crippen LogP contribution in [0.25, 0.3) is 0 Å². The summed E-state index contributed by atoms with van der Waals surface area (Å²) >= 11 is 0. The largest absolute Gasteiger partial charge is 0.462 e. The van der Waals surface area contributed by atoms with Crippen molar-refractivity contribution in [2.24, 2.45) is 5.92 Å². The summed E-state index contributed by atoms with van der Waals surface area (Å²) in [7, 11) is 0. The van der Waals surface area contributed by atoms with Crippen LogP contribution in [0.3, 0.4) is 0 Å². The fraction of sp³-hybridized carbons (Fsp3) is 0.462. The van der Waals surface area contributed by atoms with Gasteiger partial charge in [0.1, 0.15) is 5.82 Å². The van der Waals surface area contributed by atoms with Gasteiger partial charge in [-0.1, -0.05) is 12.8 Å². The highest BCUT2D eigenvalue weighted by Crippen LogP contribution is 2.32. The van der Waals surface area contributed by atoms with Crippen molar-refractivity contribution in [1.82, 2.24) is 0 Å². The first-order valence-corrected chi connectivity index (χ1v) is 5.60. The van der Waals surface area contributed by atoms with Gasteiger partial charge in [-0.25, -0.2) is 9.18 Å². The first kappa shape index (κ1) is 11.1. The molecule has 0 amide bonds. The zero-order chi connectivity index (χ0) is 11.5. The first-order chi connectivity index (χ1) is 7.66. The zero-order valence-corrected chi connectivity index (χ0v) is 9.33. The highest BCUT2D eigenvalue weighted by molar-refractivity contribution is 5.90. The van der Waals surface area contributed by atoms with Gasteiger partial charge in [-0.3, -0.25) is 0 Å². The summed E-state index contributed by atoms with van der Waals surface area (Å²) in [6.45, 7) is 2.18. The summed E-state index contributed by atoms with van der Waals surface area (Å²) in [6, 6.07) is 4.10. The van der Waals surface area contributed by atoms with E-state index in [0.29, 0.717) is 17.7 Å². The molecule has 0 radical (unpaired) electrons. The van der Waals surface area contributed by atoms with Gasteiger partial charge in [0.05, 0.1) is 12.2 Å². The fourth-order valence-electron chi connectivity index (χ4n) is 1.66. The van der Waals surface area contributed by atoms with E-state index in [1.807, 2.05) is 0 Å². The fourth-order valence-corrected chi connectivity index (χ4v) is 1.66. The van der Waals surface area contributed by atoms with Crippen molar-refractivity contribution in [3.63, 3.8) is 0 Å². The summed E-state index contributed by atoms with van der Waals surface area (Å²) in [5, 5.41) is 0. The summed E-state index contributed by atoms with van der Waals surface area (Å²) in [4.78, 5) is 11.6. The van der Waals surface area contributed by atoms with Crippen molar-refractivity contribution in [2.75, 3.05) is 6.61 Å². The normalized spacial score (nSPS) is 14.9. The molecule has 1 fully saturated rings. The number of carbonyl (C=O) groups is 1. The van der Waals surface area contributed by atoms with E-state index in [0.717, 1.165) is 12.3 Å². The van der Waals surface area contributed by atoms with Crippen LogP contribution in [-0.2, 0) is 4.74 Å². The second-order valence-corrected chi connectivity index (χ2v) is 4.33. The zero-order valence-electron chi connectivity index (χ0n) is 9.33. The molecule has 16 heavy (non-hydrogen) atoms. The number of rotatable bonds is 4. The van der Waals surface area contributed by atoms with Crippen LogP contribution in [0, 0.1) is 18.7 Å². The monoisotopic (exact) mass is 222 g/mol. The second kappa shape index (κ2) is 4.64. The highest BCUT2D eigenvalue weighted by Gasteiger charge is 2.21. The SMILES string of the molecule is Cc1cc(F)ccc1C(=O)OCCC1CC1. The van der Waals surface area contributed by atoms with Crippen LogP contribution in [0.2, 0.25) is 0 Å². The van der Waals surface area contributed by atoms with Gasteiger partial charge >= 0.3 is 5.97 Å². The van der Waals surface area contributed by atoms with E-state index in [1.54, 1.807) is 6.92 Å². The molecule has 1 aromatic carbocycles. The van der Waals surface area contributed by atoms with E-state index in [4.69, 9.17) is 4.74 Å². The number of aryl methyl sites for hydroxylation is 1. The van der Waals surface area contributed by atoms with Crippen LogP contribution >= 0.6 is 0 Å². The van der Waals surface area contributed by atoms with Crippen molar-refractivity contribution in [3.8, 4) is 0 Å². The number of hydrogen-bond donors (Lipinski definition) is 0. The van der Waals surface area contributed by atoms with Crippen LogP contribution < -0.4 is 0 Å². The van der Waals surface area contributed by atoms with Crippen molar-refractivity contribution < 1.29 is 13.9 Å². The Kier molecular flexibility index (Phi) is 3.22. The standard InChI is InChI=1S/C13H15FO2/c1-9-8-11(14)4-5-12(9)13(15)16-7-6-10-2-3-10/h4-5,8,10H,2-3,6-7H2,1H3. The Balaban J connectivity index is 1.91. The Labute approximate surface area is 94.4 Å². The molecule has 0 aliphatic heterocycles. The smallest absolute Gasteiger partial charge is 0.338 e. The molecular weight excluding hydrogens is 207 g/mol. The molecule has 1 aliphatic carbocycles. The van der Waals surface area contributed by atoms with E-state index in [9.17, 15) is 9.18 Å². The van der Waals surface area contributed by atoms with Gasteiger partial charge in [0.2, 0.25) is 0 Å². The van der Waals surface area contributed by atoms with E-state index < -0.39 is 0 Å². The average molecular weight is 222 g/mol. The Bertz CT molecular complexity index is 397. The van der Waals surface area contributed by atoms with Crippen LogP contribution in [0.5, 0.6) is 0 Å². The molecule has 0 N–H and O–H groups in total. The molecule has 2 rings (SSSR count). The first-order valence-electron chi connectivity index (χ1n) is 5.60. The second-order valence-electron chi connectivity index (χ2n) is 4.33.